The summed E-state index contributed by atoms with van der Waals surface area (Å²) >= 11 is 3.41. The number of aromatic nitrogens is 2. The average molecular weight is 470 g/mol. The maximum Gasteiger partial charge on any atom is 0.266 e. The number of nitrogens with zero attached hydrogens (tertiary/aromatic N) is 2. The highest BCUT2D eigenvalue weighted by molar-refractivity contribution is 9.10. The Hall–Kier alpha value is -2.93. The summed E-state index contributed by atoms with van der Waals surface area (Å²) in [6, 6.07) is 16.5. The van der Waals surface area contributed by atoms with Crippen molar-refractivity contribution < 1.29 is 9.53 Å². The van der Waals surface area contributed by atoms with Crippen molar-refractivity contribution in [1.29, 1.82) is 0 Å². The van der Waals surface area contributed by atoms with Crippen LogP contribution in [0.5, 0.6) is 5.75 Å². The zero-order chi connectivity index (χ0) is 21.5. The number of benzene rings is 2. The van der Waals surface area contributed by atoms with Crippen molar-refractivity contribution >= 4 is 27.5 Å². The Kier molecular flexibility index (Phi) is 7.41. The molecule has 0 radical (unpaired) electrons. The Labute approximate surface area is 184 Å². The first kappa shape index (κ1) is 21.8. The molecule has 1 heterocycles. The van der Waals surface area contributed by atoms with Crippen molar-refractivity contribution in [3.8, 4) is 17.0 Å². The number of nitrogens with one attached hydrogen (secondary N) is 1. The number of amides is 1. The number of carbonyl (C=O) groups is 1. The Bertz CT molecular complexity index is 1080. The predicted molar refractivity (Wildman–Crippen MR) is 122 cm³/mol. The van der Waals surface area contributed by atoms with Crippen LogP contribution in [0.25, 0.3) is 11.3 Å². The second-order valence-corrected chi connectivity index (χ2v) is 7.76. The van der Waals surface area contributed by atoms with Crippen molar-refractivity contribution in [3.63, 3.8) is 0 Å². The van der Waals surface area contributed by atoms with E-state index in [2.05, 4.69) is 26.3 Å². The molecule has 0 saturated carbocycles. The van der Waals surface area contributed by atoms with Crippen LogP contribution in [0.3, 0.4) is 0 Å². The number of anilines is 1. The van der Waals surface area contributed by atoms with Gasteiger partial charge in [-0.1, -0.05) is 15.9 Å². The van der Waals surface area contributed by atoms with Gasteiger partial charge in [0.05, 0.1) is 12.3 Å². The summed E-state index contributed by atoms with van der Waals surface area (Å²) in [6.45, 7) is 4.86. The van der Waals surface area contributed by atoms with Crippen LogP contribution in [-0.2, 0) is 11.3 Å². The van der Waals surface area contributed by atoms with Gasteiger partial charge >= 0.3 is 0 Å². The predicted octanol–water partition coefficient (Wildman–Crippen LogP) is 4.80. The SMILES string of the molecule is CCOc1ccc(-c2ccc(=O)n(CCCC(=O)Nc3ccc(Br)cc3C)n2)cc1. The molecule has 0 atom stereocenters. The second kappa shape index (κ2) is 10.2. The van der Waals surface area contributed by atoms with E-state index in [-0.39, 0.29) is 11.5 Å². The summed E-state index contributed by atoms with van der Waals surface area (Å²) in [5, 5.41) is 7.36. The zero-order valence-corrected chi connectivity index (χ0v) is 18.6. The van der Waals surface area contributed by atoms with Gasteiger partial charge in [-0.3, -0.25) is 9.59 Å². The van der Waals surface area contributed by atoms with Crippen LogP contribution >= 0.6 is 15.9 Å². The van der Waals surface area contributed by atoms with Gasteiger partial charge in [0.25, 0.3) is 5.56 Å². The first-order chi connectivity index (χ1) is 14.5. The minimum absolute atomic E-state index is 0.0869. The third-order valence-electron chi connectivity index (χ3n) is 4.56. The van der Waals surface area contributed by atoms with Gasteiger partial charge in [0.1, 0.15) is 5.75 Å². The molecule has 0 bridgehead atoms. The van der Waals surface area contributed by atoms with Crippen LogP contribution < -0.4 is 15.6 Å². The maximum atomic E-state index is 12.3. The molecule has 0 aliphatic heterocycles. The maximum absolute atomic E-state index is 12.3. The van der Waals surface area contributed by atoms with E-state index in [1.54, 1.807) is 6.07 Å². The van der Waals surface area contributed by atoms with E-state index in [0.29, 0.717) is 31.7 Å². The Morgan fingerprint density at radius 2 is 1.90 bits per heavy atom. The Morgan fingerprint density at radius 1 is 1.13 bits per heavy atom. The van der Waals surface area contributed by atoms with Gasteiger partial charge in [-0.15, -0.1) is 0 Å². The van der Waals surface area contributed by atoms with Crippen molar-refractivity contribution in [1.82, 2.24) is 9.78 Å². The van der Waals surface area contributed by atoms with Gasteiger partial charge in [0.15, 0.2) is 0 Å². The van der Waals surface area contributed by atoms with Gasteiger partial charge < -0.3 is 10.1 Å². The summed E-state index contributed by atoms with van der Waals surface area (Å²) in [5.41, 5.74) is 3.19. The molecule has 2 aromatic carbocycles. The largest absolute Gasteiger partial charge is 0.494 e. The number of aryl methyl sites for hydroxylation is 2. The molecule has 1 aromatic heterocycles. The van der Waals surface area contributed by atoms with Crippen LogP contribution in [-0.4, -0.2) is 22.3 Å². The van der Waals surface area contributed by atoms with Crippen LogP contribution in [0, 0.1) is 6.92 Å². The van der Waals surface area contributed by atoms with Crippen LogP contribution in [0.2, 0.25) is 0 Å². The van der Waals surface area contributed by atoms with Gasteiger partial charge in [-0.25, -0.2) is 4.68 Å². The van der Waals surface area contributed by atoms with Crippen molar-refractivity contribution in [2.45, 2.75) is 33.2 Å². The monoisotopic (exact) mass is 469 g/mol. The molecule has 1 N–H and O–H groups in total. The first-order valence-electron chi connectivity index (χ1n) is 9.83. The lowest BCUT2D eigenvalue weighted by atomic mass is 10.1. The Balaban J connectivity index is 1.60. The topological polar surface area (TPSA) is 73.2 Å². The van der Waals surface area contributed by atoms with Crippen molar-refractivity contribution in [3.05, 3.63) is 75.0 Å². The summed E-state index contributed by atoms with van der Waals surface area (Å²) in [7, 11) is 0. The molecule has 7 heteroatoms. The molecular formula is C23H24BrN3O3. The molecule has 30 heavy (non-hydrogen) atoms. The average Bonchev–Trinajstić information content (AvgIpc) is 2.72. The van der Waals surface area contributed by atoms with E-state index in [1.165, 1.54) is 10.7 Å². The smallest absolute Gasteiger partial charge is 0.266 e. The molecule has 1 amide bonds. The highest BCUT2D eigenvalue weighted by atomic mass is 79.9. The van der Waals surface area contributed by atoms with E-state index < -0.39 is 0 Å². The van der Waals surface area contributed by atoms with E-state index in [1.807, 2.05) is 56.3 Å². The lowest BCUT2D eigenvalue weighted by Crippen LogP contribution is -2.23. The molecular weight excluding hydrogens is 446 g/mol. The quantitative estimate of drug-likeness (QED) is 0.514. The lowest BCUT2D eigenvalue weighted by molar-refractivity contribution is -0.116. The fourth-order valence-corrected chi connectivity index (χ4v) is 3.50. The molecule has 0 saturated heterocycles. The summed E-state index contributed by atoms with van der Waals surface area (Å²) < 4.78 is 7.83. The molecule has 0 fully saturated rings. The van der Waals surface area contributed by atoms with Crippen LogP contribution in [0.1, 0.15) is 25.3 Å². The van der Waals surface area contributed by atoms with Crippen LogP contribution in [0.15, 0.2) is 63.9 Å². The third-order valence-corrected chi connectivity index (χ3v) is 5.06. The van der Waals surface area contributed by atoms with Crippen molar-refractivity contribution in [2.24, 2.45) is 0 Å². The molecule has 0 unspecified atom stereocenters. The number of carbonyl (C=O) groups excluding carboxylic acids is 1. The van der Waals surface area contributed by atoms with Gasteiger partial charge in [0.2, 0.25) is 5.91 Å². The van der Waals surface area contributed by atoms with Crippen LogP contribution in [0.4, 0.5) is 5.69 Å². The molecule has 3 aromatic rings. The minimum Gasteiger partial charge on any atom is -0.494 e. The fourth-order valence-electron chi connectivity index (χ4n) is 3.02. The van der Waals surface area contributed by atoms with E-state index in [4.69, 9.17) is 4.74 Å². The summed E-state index contributed by atoms with van der Waals surface area (Å²) in [4.78, 5) is 24.4. The zero-order valence-electron chi connectivity index (χ0n) is 17.0. The summed E-state index contributed by atoms with van der Waals surface area (Å²) in [6.07, 6.45) is 0.817. The highest BCUT2D eigenvalue weighted by Gasteiger charge is 2.08. The van der Waals surface area contributed by atoms with Gasteiger partial charge in [-0.05, 0) is 74.4 Å². The molecule has 6 nitrogen and oxygen atoms in total. The second-order valence-electron chi connectivity index (χ2n) is 6.85. The molecule has 0 aliphatic carbocycles. The van der Waals surface area contributed by atoms with Gasteiger partial charge in [-0.2, -0.15) is 5.10 Å². The highest BCUT2D eigenvalue weighted by Crippen LogP contribution is 2.21. The lowest BCUT2D eigenvalue weighted by Gasteiger charge is -2.10. The molecule has 0 aliphatic rings. The normalized spacial score (nSPS) is 10.6. The fraction of sp³-hybridized carbons (Fsp3) is 0.261. The van der Waals surface area contributed by atoms with E-state index >= 15 is 0 Å². The number of rotatable bonds is 8. The molecule has 0 spiro atoms. The Morgan fingerprint density at radius 3 is 2.60 bits per heavy atom. The number of ether oxygens (including phenoxy) is 1. The first-order valence-corrected chi connectivity index (χ1v) is 10.6. The standard InChI is InChI=1S/C23H24BrN3O3/c1-3-30-19-9-6-17(7-10-19)21-12-13-23(29)27(26-21)14-4-5-22(28)25-20-11-8-18(24)15-16(20)2/h6-13,15H,3-5,14H2,1-2H3,(H,25,28). The van der Waals surface area contributed by atoms with Gasteiger partial charge in [0, 0.05) is 34.8 Å². The van der Waals surface area contributed by atoms with E-state index in [0.717, 1.165) is 27.0 Å². The number of hydrogen-bond acceptors (Lipinski definition) is 4. The number of halogens is 1. The molecule has 3 rings (SSSR count). The number of hydrogen-bond donors (Lipinski definition) is 1. The third kappa shape index (κ3) is 5.79. The molecule has 156 valence electrons. The minimum atomic E-state index is -0.186. The van der Waals surface area contributed by atoms with Crippen molar-refractivity contribution in [2.75, 3.05) is 11.9 Å². The summed E-state index contributed by atoms with van der Waals surface area (Å²) in [5.74, 6) is 0.706. The van der Waals surface area contributed by atoms with E-state index in [9.17, 15) is 9.59 Å².